The van der Waals surface area contributed by atoms with Gasteiger partial charge in [0.1, 0.15) is 5.56 Å². The molecule has 102 valence electrons. The molecule has 1 fully saturated rings. The summed E-state index contributed by atoms with van der Waals surface area (Å²) in [5.74, 6) is -2.04. The van der Waals surface area contributed by atoms with Gasteiger partial charge in [-0.05, 0) is 25.0 Å². The molecule has 0 saturated carbocycles. The van der Waals surface area contributed by atoms with Crippen molar-refractivity contribution in [2.45, 2.75) is 12.8 Å². The Morgan fingerprint density at radius 2 is 1.95 bits per heavy atom. The molecule has 1 saturated heterocycles. The van der Waals surface area contributed by atoms with E-state index in [1.165, 1.54) is 18.2 Å². The third-order valence-corrected chi connectivity index (χ3v) is 3.12. The second kappa shape index (κ2) is 5.71. The summed E-state index contributed by atoms with van der Waals surface area (Å²) < 4.78 is 5.17. The van der Waals surface area contributed by atoms with E-state index >= 15 is 0 Å². The van der Waals surface area contributed by atoms with Gasteiger partial charge in [0.05, 0.1) is 5.69 Å². The van der Waals surface area contributed by atoms with Crippen molar-refractivity contribution in [2.75, 3.05) is 18.5 Å². The van der Waals surface area contributed by atoms with Crippen molar-refractivity contribution < 1.29 is 24.5 Å². The summed E-state index contributed by atoms with van der Waals surface area (Å²) in [5, 5.41) is 21.2. The van der Waals surface area contributed by atoms with Crippen LogP contribution in [-0.2, 0) is 9.53 Å². The number of benzene rings is 1. The summed E-state index contributed by atoms with van der Waals surface area (Å²) in [6.07, 6.45) is 1.26. The van der Waals surface area contributed by atoms with Crippen LogP contribution in [-0.4, -0.2) is 35.3 Å². The Labute approximate surface area is 110 Å². The van der Waals surface area contributed by atoms with E-state index in [4.69, 9.17) is 9.84 Å². The highest BCUT2D eigenvalue weighted by Gasteiger charge is 2.23. The Morgan fingerprint density at radius 1 is 1.26 bits per heavy atom. The van der Waals surface area contributed by atoms with Crippen LogP contribution in [0.3, 0.4) is 0 Å². The third kappa shape index (κ3) is 3.03. The SMILES string of the molecule is O=C(O)c1cccc(NC(=O)C2CCOCC2)c1O. The van der Waals surface area contributed by atoms with E-state index in [1.54, 1.807) is 0 Å². The molecule has 6 nitrogen and oxygen atoms in total. The smallest absolute Gasteiger partial charge is 0.339 e. The number of carboxylic acids is 1. The van der Waals surface area contributed by atoms with Gasteiger partial charge in [0.2, 0.25) is 5.91 Å². The molecule has 0 aliphatic carbocycles. The van der Waals surface area contributed by atoms with Crippen LogP contribution in [0.25, 0.3) is 0 Å². The summed E-state index contributed by atoms with van der Waals surface area (Å²) >= 11 is 0. The number of carbonyl (C=O) groups is 2. The monoisotopic (exact) mass is 265 g/mol. The van der Waals surface area contributed by atoms with Crippen molar-refractivity contribution in [3.63, 3.8) is 0 Å². The van der Waals surface area contributed by atoms with Crippen molar-refractivity contribution in [3.8, 4) is 5.75 Å². The lowest BCUT2D eigenvalue weighted by molar-refractivity contribution is -0.122. The van der Waals surface area contributed by atoms with Gasteiger partial charge in [0.25, 0.3) is 0 Å². The number of amides is 1. The van der Waals surface area contributed by atoms with Crippen LogP contribution in [0, 0.1) is 5.92 Å². The lowest BCUT2D eigenvalue weighted by Gasteiger charge is -2.21. The van der Waals surface area contributed by atoms with Crippen LogP contribution >= 0.6 is 0 Å². The minimum Gasteiger partial charge on any atom is -0.505 e. The molecule has 0 atom stereocenters. The topological polar surface area (TPSA) is 95.9 Å². The highest BCUT2D eigenvalue weighted by atomic mass is 16.5. The number of rotatable bonds is 3. The van der Waals surface area contributed by atoms with Gasteiger partial charge in [0.15, 0.2) is 5.75 Å². The van der Waals surface area contributed by atoms with Crippen LogP contribution in [0.4, 0.5) is 5.69 Å². The van der Waals surface area contributed by atoms with Crippen LogP contribution in [0.5, 0.6) is 5.75 Å². The van der Waals surface area contributed by atoms with Gasteiger partial charge in [0, 0.05) is 19.1 Å². The molecule has 19 heavy (non-hydrogen) atoms. The van der Waals surface area contributed by atoms with E-state index in [-0.39, 0.29) is 23.1 Å². The van der Waals surface area contributed by atoms with Gasteiger partial charge < -0.3 is 20.3 Å². The number of carbonyl (C=O) groups excluding carboxylic acids is 1. The van der Waals surface area contributed by atoms with Crippen LogP contribution < -0.4 is 5.32 Å². The van der Waals surface area contributed by atoms with Crippen molar-refractivity contribution in [1.29, 1.82) is 0 Å². The summed E-state index contributed by atoms with van der Waals surface area (Å²) in [5.41, 5.74) is -0.110. The number of hydrogen-bond acceptors (Lipinski definition) is 4. The number of para-hydroxylation sites is 1. The molecule has 1 aliphatic heterocycles. The summed E-state index contributed by atoms with van der Waals surface area (Å²) in [6, 6.07) is 4.23. The lowest BCUT2D eigenvalue weighted by Crippen LogP contribution is -2.28. The van der Waals surface area contributed by atoms with E-state index in [0.29, 0.717) is 26.1 Å². The van der Waals surface area contributed by atoms with Crippen molar-refractivity contribution in [1.82, 2.24) is 0 Å². The Hall–Kier alpha value is -2.08. The highest BCUT2D eigenvalue weighted by molar-refractivity contribution is 5.98. The number of nitrogens with one attached hydrogen (secondary N) is 1. The van der Waals surface area contributed by atoms with Gasteiger partial charge in [-0.3, -0.25) is 4.79 Å². The second-order valence-electron chi connectivity index (χ2n) is 4.38. The second-order valence-corrected chi connectivity index (χ2v) is 4.38. The molecule has 6 heteroatoms. The average molecular weight is 265 g/mol. The van der Waals surface area contributed by atoms with E-state index in [2.05, 4.69) is 5.32 Å². The Kier molecular flexibility index (Phi) is 4.01. The molecule has 3 N–H and O–H groups in total. The minimum atomic E-state index is -1.24. The van der Waals surface area contributed by atoms with Gasteiger partial charge in [-0.2, -0.15) is 0 Å². The van der Waals surface area contributed by atoms with Crippen LogP contribution in [0.1, 0.15) is 23.2 Å². The largest absolute Gasteiger partial charge is 0.505 e. The van der Waals surface area contributed by atoms with Gasteiger partial charge >= 0.3 is 5.97 Å². The molecule has 0 radical (unpaired) electrons. The fraction of sp³-hybridized carbons (Fsp3) is 0.385. The lowest BCUT2D eigenvalue weighted by atomic mass is 9.99. The predicted molar refractivity (Wildman–Crippen MR) is 67.2 cm³/mol. The first kappa shape index (κ1) is 13.4. The third-order valence-electron chi connectivity index (χ3n) is 3.12. The van der Waals surface area contributed by atoms with E-state index in [0.717, 1.165) is 0 Å². The van der Waals surface area contributed by atoms with E-state index < -0.39 is 11.7 Å². The number of phenols is 1. The Bertz CT molecular complexity index is 494. The zero-order valence-electron chi connectivity index (χ0n) is 10.3. The Morgan fingerprint density at radius 3 is 2.58 bits per heavy atom. The van der Waals surface area contributed by atoms with Gasteiger partial charge in [-0.25, -0.2) is 4.79 Å². The molecule has 2 rings (SSSR count). The molecule has 1 aliphatic rings. The molecule has 0 spiro atoms. The summed E-state index contributed by atoms with van der Waals surface area (Å²) in [4.78, 5) is 22.8. The molecular weight excluding hydrogens is 250 g/mol. The molecule has 1 heterocycles. The maximum atomic E-state index is 12.0. The molecule has 1 amide bonds. The number of carboxylic acid groups (broad SMARTS) is 1. The Balaban J connectivity index is 2.12. The molecule has 1 aromatic rings. The normalized spacial score (nSPS) is 16.0. The first-order valence-corrected chi connectivity index (χ1v) is 6.03. The van der Waals surface area contributed by atoms with E-state index in [9.17, 15) is 14.7 Å². The summed E-state index contributed by atoms with van der Waals surface area (Å²) in [6.45, 7) is 1.08. The fourth-order valence-electron chi connectivity index (χ4n) is 2.01. The average Bonchev–Trinajstić information content (AvgIpc) is 2.41. The van der Waals surface area contributed by atoms with Crippen molar-refractivity contribution >= 4 is 17.6 Å². The number of aromatic carboxylic acids is 1. The number of hydrogen-bond donors (Lipinski definition) is 3. The molecule has 1 aromatic carbocycles. The molecule has 0 unspecified atom stereocenters. The minimum absolute atomic E-state index is 0.122. The number of ether oxygens (including phenoxy) is 1. The fourth-order valence-corrected chi connectivity index (χ4v) is 2.01. The zero-order chi connectivity index (χ0) is 13.8. The number of aromatic hydroxyl groups is 1. The van der Waals surface area contributed by atoms with E-state index in [1.807, 2.05) is 0 Å². The van der Waals surface area contributed by atoms with Crippen LogP contribution in [0.2, 0.25) is 0 Å². The quantitative estimate of drug-likeness (QED) is 0.719. The zero-order valence-corrected chi connectivity index (χ0v) is 10.3. The van der Waals surface area contributed by atoms with Crippen molar-refractivity contribution in [2.24, 2.45) is 5.92 Å². The predicted octanol–water partition coefficient (Wildman–Crippen LogP) is 1.46. The number of anilines is 1. The molecule has 0 bridgehead atoms. The van der Waals surface area contributed by atoms with Crippen LogP contribution in [0.15, 0.2) is 18.2 Å². The maximum absolute atomic E-state index is 12.0. The highest BCUT2D eigenvalue weighted by Crippen LogP contribution is 2.28. The first-order chi connectivity index (χ1) is 9.09. The molecular formula is C13H15NO5. The standard InChI is InChI=1S/C13H15NO5/c15-11-9(13(17)18)2-1-3-10(11)14-12(16)8-4-6-19-7-5-8/h1-3,8,15H,4-7H2,(H,14,16)(H,17,18). The summed E-state index contributed by atoms with van der Waals surface area (Å²) in [7, 11) is 0. The van der Waals surface area contributed by atoms with Gasteiger partial charge in [-0.1, -0.05) is 6.07 Å². The first-order valence-electron chi connectivity index (χ1n) is 6.03. The maximum Gasteiger partial charge on any atom is 0.339 e. The van der Waals surface area contributed by atoms with Crippen molar-refractivity contribution in [3.05, 3.63) is 23.8 Å². The van der Waals surface area contributed by atoms with Gasteiger partial charge in [-0.15, -0.1) is 0 Å². The molecule has 0 aromatic heterocycles.